The second kappa shape index (κ2) is 14.2. The van der Waals surface area contributed by atoms with E-state index >= 15 is 0 Å². The first-order chi connectivity index (χ1) is 18.2. The van der Waals surface area contributed by atoms with Crippen LogP contribution in [0.4, 0.5) is 32.0 Å². The third-order valence-electron chi connectivity index (χ3n) is 5.68. The Bertz CT molecular complexity index is 1040. The van der Waals surface area contributed by atoms with Crippen LogP contribution in [0.3, 0.4) is 0 Å². The Kier molecular flexibility index (Phi) is 11.7. The molecule has 2 aromatic heterocycles. The molecule has 4 heterocycles. The van der Waals surface area contributed by atoms with Crippen LogP contribution in [0.15, 0.2) is 41.4 Å². The molecule has 2 aromatic rings. The number of ether oxygens (including phenoxy) is 1. The van der Waals surface area contributed by atoms with Crippen LogP contribution < -0.4 is 5.32 Å². The summed E-state index contributed by atoms with van der Waals surface area (Å²) in [6.45, 7) is 3.96. The van der Waals surface area contributed by atoms with Gasteiger partial charge in [-0.2, -0.15) is 37.7 Å². The molecule has 16 heteroatoms. The first-order valence-electron chi connectivity index (χ1n) is 11.3. The molecule has 0 saturated carbocycles. The maximum absolute atomic E-state index is 12.3. The van der Waals surface area contributed by atoms with E-state index in [0.29, 0.717) is 18.3 Å². The smallest absolute Gasteiger partial charge is 0.475 e. The highest BCUT2D eigenvalue weighted by Crippen LogP contribution is 2.36. The number of nitrogens with zero attached hydrogens (tertiary/aromatic N) is 2. The highest BCUT2D eigenvalue weighted by Gasteiger charge is 2.41. The number of pyridine rings is 1. The molecule has 4 rings (SSSR count). The number of alkyl halides is 6. The number of nitrogens with one attached hydrogen (secondary N) is 1. The number of piperidine rings is 1. The summed E-state index contributed by atoms with van der Waals surface area (Å²) in [6.07, 6.45) is -5.21. The molecule has 2 aliphatic rings. The van der Waals surface area contributed by atoms with E-state index in [1.54, 1.807) is 23.7 Å². The van der Waals surface area contributed by atoms with Crippen molar-refractivity contribution < 1.29 is 55.7 Å². The molecular formula is C23H25F6N3O6S. The second-order valence-electron chi connectivity index (χ2n) is 8.55. The summed E-state index contributed by atoms with van der Waals surface area (Å²) in [5.74, 6) is -4.46. The molecule has 2 fully saturated rings. The van der Waals surface area contributed by atoms with E-state index in [1.807, 2.05) is 12.1 Å². The van der Waals surface area contributed by atoms with Crippen LogP contribution in [-0.4, -0.2) is 76.1 Å². The van der Waals surface area contributed by atoms with E-state index in [4.69, 9.17) is 24.5 Å². The summed E-state index contributed by atoms with van der Waals surface area (Å²) in [5, 5.41) is 21.5. The van der Waals surface area contributed by atoms with Gasteiger partial charge in [-0.3, -0.25) is 14.7 Å². The zero-order valence-electron chi connectivity index (χ0n) is 20.1. The number of amides is 1. The average Bonchev–Trinajstić information content (AvgIpc) is 3.49. The molecule has 216 valence electrons. The number of carbonyl (C=O) groups excluding carboxylic acids is 1. The number of thiophene rings is 1. The Balaban J connectivity index is 0.000000317. The standard InChI is InChI=1S/C19H23N3O2S.2C2HF3O2/c23-19(21-16-2-1-5-20-9-16)8-18-17-3-6-22(11-15(17)12-24-18)10-14-4-7-25-13-14;2*3-2(4,5)1(6)7/h1-2,4-5,7,9,13,15,17-18H,3,6,8,10-12H2,(H,21,23);2*(H,6,7)/t15-,17-,18-;;/m1../s1. The quantitative estimate of drug-likeness (QED) is 0.444. The van der Waals surface area contributed by atoms with Crippen molar-refractivity contribution in [1.29, 1.82) is 0 Å². The number of hydrogen-bond donors (Lipinski definition) is 3. The summed E-state index contributed by atoms with van der Waals surface area (Å²) in [4.78, 5) is 36.6. The zero-order chi connectivity index (χ0) is 29.2. The number of anilines is 1. The number of aromatic nitrogens is 1. The lowest BCUT2D eigenvalue weighted by atomic mass is 9.83. The number of carboxylic acids is 2. The van der Waals surface area contributed by atoms with Gasteiger partial charge < -0.3 is 20.3 Å². The molecule has 39 heavy (non-hydrogen) atoms. The van der Waals surface area contributed by atoms with Crippen LogP contribution in [-0.2, 0) is 25.7 Å². The van der Waals surface area contributed by atoms with Gasteiger partial charge in [-0.1, -0.05) is 0 Å². The number of hydrogen-bond acceptors (Lipinski definition) is 7. The van der Waals surface area contributed by atoms with Gasteiger partial charge in [0.05, 0.1) is 31.0 Å². The van der Waals surface area contributed by atoms with Crippen molar-refractivity contribution in [3.05, 3.63) is 46.9 Å². The molecule has 0 aliphatic carbocycles. The van der Waals surface area contributed by atoms with E-state index in [-0.39, 0.29) is 12.0 Å². The number of aliphatic carboxylic acids is 2. The van der Waals surface area contributed by atoms with Gasteiger partial charge >= 0.3 is 24.3 Å². The number of halogens is 6. The normalized spacial score (nSPS) is 20.9. The van der Waals surface area contributed by atoms with Crippen molar-refractivity contribution in [2.45, 2.75) is 37.8 Å². The fraction of sp³-hybridized carbons (Fsp3) is 0.478. The lowest BCUT2D eigenvalue weighted by Gasteiger charge is -2.35. The second-order valence-corrected chi connectivity index (χ2v) is 9.33. The first kappa shape index (κ1) is 32.0. The van der Waals surface area contributed by atoms with Gasteiger partial charge in [0.15, 0.2) is 0 Å². The molecule has 0 unspecified atom stereocenters. The molecule has 0 bridgehead atoms. The Labute approximate surface area is 222 Å². The highest BCUT2D eigenvalue weighted by molar-refractivity contribution is 7.07. The van der Waals surface area contributed by atoms with Crippen LogP contribution in [0, 0.1) is 11.8 Å². The fourth-order valence-corrected chi connectivity index (χ4v) is 4.65. The van der Waals surface area contributed by atoms with Gasteiger partial charge in [0.25, 0.3) is 0 Å². The maximum atomic E-state index is 12.3. The van der Waals surface area contributed by atoms with Gasteiger partial charge in [0, 0.05) is 25.2 Å². The van der Waals surface area contributed by atoms with Crippen LogP contribution in [0.25, 0.3) is 0 Å². The lowest BCUT2D eigenvalue weighted by Crippen LogP contribution is -2.41. The van der Waals surface area contributed by atoms with Gasteiger partial charge in [-0.05, 0) is 53.4 Å². The van der Waals surface area contributed by atoms with Crippen LogP contribution >= 0.6 is 11.3 Å². The van der Waals surface area contributed by atoms with E-state index in [0.717, 1.165) is 38.3 Å². The first-order valence-corrected chi connectivity index (χ1v) is 12.3. The molecule has 0 aromatic carbocycles. The number of fused-ring (bicyclic) bond motifs is 1. The number of likely N-dealkylation sites (tertiary alicyclic amines) is 1. The van der Waals surface area contributed by atoms with Gasteiger partial charge in [-0.15, -0.1) is 0 Å². The molecule has 2 aliphatic heterocycles. The van der Waals surface area contributed by atoms with Crippen molar-refractivity contribution in [1.82, 2.24) is 9.88 Å². The summed E-state index contributed by atoms with van der Waals surface area (Å²) in [5.41, 5.74) is 2.14. The SMILES string of the molecule is O=C(C[C@H]1OC[C@H]2CN(Cc3ccsc3)CC[C@H]21)Nc1cccnc1.O=C(O)C(F)(F)F.O=C(O)C(F)(F)F. The molecule has 2 saturated heterocycles. The van der Waals surface area contributed by atoms with Crippen LogP contribution in [0.2, 0.25) is 0 Å². The van der Waals surface area contributed by atoms with Crippen molar-refractivity contribution in [2.75, 3.05) is 25.0 Å². The van der Waals surface area contributed by atoms with E-state index < -0.39 is 24.3 Å². The lowest BCUT2D eigenvalue weighted by molar-refractivity contribution is -0.193. The van der Waals surface area contributed by atoms with Crippen LogP contribution in [0.1, 0.15) is 18.4 Å². The van der Waals surface area contributed by atoms with E-state index in [2.05, 4.69) is 32.0 Å². The number of carbonyl (C=O) groups is 3. The molecule has 1 amide bonds. The largest absolute Gasteiger partial charge is 0.490 e. The number of carboxylic acid groups (broad SMARTS) is 2. The third-order valence-corrected chi connectivity index (χ3v) is 6.41. The molecule has 3 atom stereocenters. The van der Waals surface area contributed by atoms with Crippen molar-refractivity contribution in [2.24, 2.45) is 11.8 Å². The summed E-state index contributed by atoms with van der Waals surface area (Å²) in [7, 11) is 0. The molecule has 0 radical (unpaired) electrons. The Morgan fingerprint density at radius 1 is 1.10 bits per heavy atom. The fourth-order valence-electron chi connectivity index (χ4n) is 3.99. The van der Waals surface area contributed by atoms with E-state index in [1.165, 1.54) is 5.56 Å². The minimum atomic E-state index is -5.08. The van der Waals surface area contributed by atoms with Gasteiger partial charge in [-0.25, -0.2) is 9.59 Å². The zero-order valence-corrected chi connectivity index (χ0v) is 20.9. The number of rotatable bonds is 5. The molecule has 9 nitrogen and oxygen atoms in total. The predicted molar refractivity (Wildman–Crippen MR) is 126 cm³/mol. The van der Waals surface area contributed by atoms with Crippen molar-refractivity contribution >= 4 is 34.9 Å². The molecule has 0 spiro atoms. The van der Waals surface area contributed by atoms with Crippen LogP contribution in [0.5, 0.6) is 0 Å². The monoisotopic (exact) mass is 585 g/mol. The summed E-state index contributed by atoms with van der Waals surface area (Å²) >= 11 is 1.76. The van der Waals surface area contributed by atoms with Crippen molar-refractivity contribution in [3.8, 4) is 0 Å². The molecule has 3 N–H and O–H groups in total. The third kappa shape index (κ3) is 11.2. The topological polar surface area (TPSA) is 129 Å². The Morgan fingerprint density at radius 2 is 1.74 bits per heavy atom. The predicted octanol–water partition coefficient (Wildman–Crippen LogP) is 4.28. The minimum absolute atomic E-state index is 0.0133. The van der Waals surface area contributed by atoms with E-state index in [9.17, 15) is 31.1 Å². The summed E-state index contributed by atoms with van der Waals surface area (Å²) < 4.78 is 69.5. The highest BCUT2D eigenvalue weighted by atomic mass is 32.1. The summed E-state index contributed by atoms with van der Waals surface area (Å²) in [6, 6.07) is 5.88. The Hall–Kier alpha value is -3.24. The Morgan fingerprint density at radius 3 is 2.26 bits per heavy atom. The minimum Gasteiger partial charge on any atom is -0.475 e. The van der Waals surface area contributed by atoms with Gasteiger partial charge in [0.2, 0.25) is 5.91 Å². The molecular weight excluding hydrogens is 560 g/mol. The van der Waals surface area contributed by atoms with Gasteiger partial charge in [0.1, 0.15) is 0 Å². The average molecular weight is 586 g/mol. The maximum Gasteiger partial charge on any atom is 0.490 e. The van der Waals surface area contributed by atoms with Crippen molar-refractivity contribution in [3.63, 3.8) is 0 Å².